The van der Waals surface area contributed by atoms with Crippen LogP contribution in [0.2, 0.25) is 0 Å². The lowest BCUT2D eigenvalue weighted by Gasteiger charge is -2.18. The molecule has 114 valence electrons. The SMILES string of the molecule is Cc1cc(NC(=O)NC2CCCC2C(=O)O)cc(C)c1Br. The van der Waals surface area contributed by atoms with Crippen LogP contribution in [-0.4, -0.2) is 23.1 Å². The first-order valence-electron chi connectivity index (χ1n) is 6.95. The van der Waals surface area contributed by atoms with E-state index in [1.54, 1.807) is 0 Å². The standard InChI is InChI=1S/C15H19BrN2O3/c1-8-6-10(7-9(2)13(8)16)17-15(21)18-12-5-3-4-11(12)14(19)20/h6-7,11-12H,3-5H2,1-2H3,(H,19,20)(H2,17,18,21). The number of aryl methyl sites for hydroxylation is 2. The Labute approximate surface area is 132 Å². The Morgan fingerprint density at radius 3 is 2.43 bits per heavy atom. The quantitative estimate of drug-likeness (QED) is 0.777. The summed E-state index contributed by atoms with van der Waals surface area (Å²) in [7, 11) is 0. The molecule has 5 nitrogen and oxygen atoms in total. The zero-order valence-electron chi connectivity index (χ0n) is 12.1. The fraction of sp³-hybridized carbons (Fsp3) is 0.467. The summed E-state index contributed by atoms with van der Waals surface area (Å²) >= 11 is 3.48. The molecule has 21 heavy (non-hydrogen) atoms. The first-order chi connectivity index (χ1) is 9.88. The van der Waals surface area contributed by atoms with E-state index in [2.05, 4.69) is 26.6 Å². The topological polar surface area (TPSA) is 78.4 Å². The Balaban J connectivity index is 2.00. The third-order valence-corrected chi connectivity index (χ3v) is 5.09. The van der Waals surface area contributed by atoms with Crippen molar-refractivity contribution in [3.8, 4) is 0 Å². The fourth-order valence-electron chi connectivity index (χ4n) is 2.78. The van der Waals surface area contributed by atoms with E-state index in [-0.39, 0.29) is 12.1 Å². The molecular weight excluding hydrogens is 336 g/mol. The molecule has 0 aliphatic heterocycles. The third-order valence-electron chi connectivity index (χ3n) is 3.84. The van der Waals surface area contributed by atoms with Gasteiger partial charge < -0.3 is 15.7 Å². The van der Waals surface area contributed by atoms with Gasteiger partial charge in [-0.25, -0.2) is 4.79 Å². The molecule has 1 aromatic carbocycles. The van der Waals surface area contributed by atoms with Crippen LogP contribution >= 0.6 is 15.9 Å². The first kappa shape index (κ1) is 15.8. The zero-order chi connectivity index (χ0) is 15.6. The number of carbonyl (C=O) groups excluding carboxylic acids is 1. The van der Waals surface area contributed by atoms with E-state index in [1.807, 2.05) is 26.0 Å². The third kappa shape index (κ3) is 3.75. The predicted molar refractivity (Wildman–Crippen MR) is 84.5 cm³/mol. The number of halogens is 1. The van der Waals surface area contributed by atoms with Gasteiger partial charge in [0.15, 0.2) is 0 Å². The van der Waals surface area contributed by atoms with Crippen molar-refractivity contribution in [1.29, 1.82) is 0 Å². The Morgan fingerprint density at radius 2 is 1.86 bits per heavy atom. The number of carboxylic acids is 1. The monoisotopic (exact) mass is 354 g/mol. The number of aliphatic carboxylic acids is 1. The summed E-state index contributed by atoms with van der Waals surface area (Å²) in [4.78, 5) is 23.1. The molecular formula is C15H19BrN2O3. The summed E-state index contributed by atoms with van der Waals surface area (Å²) in [5, 5.41) is 14.7. The van der Waals surface area contributed by atoms with Crippen molar-refractivity contribution >= 4 is 33.6 Å². The largest absolute Gasteiger partial charge is 0.481 e. The summed E-state index contributed by atoms with van der Waals surface area (Å²) in [6.07, 6.45) is 2.16. The Bertz CT molecular complexity index is 551. The van der Waals surface area contributed by atoms with Crippen molar-refractivity contribution in [1.82, 2.24) is 5.32 Å². The number of carbonyl (C=O) groups is 2. The highest BCUT2D eigenvalue weighted by Gasteiger charge is 2.33. The second kappa shape index (κ2) is 6.47. The number of rotatable bonds is 3. The molecule has 1 aliphatic carbocycles. The highest BCUT2D eigenvalue weighted by Crippen LogP contribution is 2.27. The molecule has 2 atom stereocenters. The van der Waals surface area contributed by atoms with Crippen molar-refractivity contribution < 1.29 is 14.7 Å². The van der Waals surface area contributed by atoms with Crippen LogP contribution in [0.5, 0.6) is 0 Å². The first-order valence-corrected chi connectivity index (χ1v) is 7.75. The average Bonchev–Trinajstić information content (AvgIpc) is 2.83. The molecule has 1 aromatic rings. The van der Waals surface area contributed by atoms with E-state index < -0.39 is 11.9 Å². The van der Waals surface area contributed by atoms with Gasteiger partial charge >= 0.3 is 12.0 Å². The van der Waals surface area contributed by atoms with Crippen LogP contribution in [0.4, 0.5) is 10.5 Å². The summed E-state index contributed by atoms with van der Waals surface area (Å²) in [6, 6.07) is 3.11. The summed E-state index contributed by atoms with van der Waals surface area (Å²) in [6.45, 7) is 3.91. The molecule has 3 N–H and O–H groups in total. The van der Waals surface area contributed by atoms with Crippen molar-refractivity contribution in [3.05, 3.63) is 27.7 Å². The molecule has 1 aliphatic rings. The number of amides is 2. The van der Waals surface area contributed by atoms with E-state index in [0.717, 1.165) is 22.0 Å². The van der Waals surface area contributed by atoms with Gasteiger partial charge in [0.2, 0.25) is 0 Å². The van der Waals surface area contributed by atoms with Gasteiger partial charge in [0.1, 0.15) is 0 Å². The van der Waals surface area contributed by atoms with Crippen LogP contribution in [-0.2, 0) is 4.79 Å². The van der Waals surface area contributed by atoms with Crippen LogP contribution in [0.25, 0.3) is 0 Å². The summed E-state index contributed by atoms with van der Waals surface area (Å²) in [5.41, 5.74) is 2.78. The van der Waals surface area contributed by atoms with E-state index in [1.165, 1.54) is 0 Å². The Morgan fingerprint density at radius 1 is 1.24 bits per heavy atom. The molecule has 0 bridgehead atoms. The molecule has 6 heteroatoms. The number of nitrogens with one attached hydrogen (secondary N) is 2. The molecule has 0 spiro atoms. The number of carboxylic acid groups (broad SMARTS) is 1. The molecule has 0 aromatic heterocycles. The van der Waals surface area contributed by atoms with Crippen molar-refractivity contribution in [3.63, 3.8) is 0 Å². The lowest BCUT2D eigenvalue weighted by molar-refractivity contribution is -0.142. The zero-order valence-corrected chi connectivity index (χ0v) is 13.7. The normalized spacial score (nSPS) is 21.1. The van der Waals surface area contributed by atoms with E-state index in [0.29, 0.717) is 18.5 Å². The molecule has 2 amide bonds. The molecule has 1 fully saturated rings. The van der Waals surface area contributed by atoms with Gasteiger partial charge in [-0.1, -0.05) is 22.4 Å². The van der Waals surface area contributed by atoms with Gasteiger partial charge in [-0.2, -0.15) is 0 Å². The Kier molecular flexibility index (Phi) is 4.88. The highest BCUT2D eigenvalue weighted by molar-refractivity contribution is 9.10. The lowest BCUT2D eigenvalue weighted by Crippen LogP contribution is -2.42. The van der Waals surface area contributed by atoms with Crippen molar-refractivity contribution in [2.45, 2.75) is 39.2 Å². The lowest BCUT2D eigenvalue weighted by atomic mass is 10.0. The minimum absolute atomic E-state index is 0.292. The van der Waals surface area contributed by atoms with Gasteiger partial charge in [-0.15, -0.1) is 0 Å². The number of urea groups is 1. The van der Waals surface area contributed by atoms with Gasteiger partial charge in [-0.3, -0.25) is 4.79 Å². The van der Waals surface area contributed by atoms with Gasteiger partial charge in [0, 0.05) is 16.2 Å². The van der Waals surface area contributed by atoms with E-state index in [9.17, 15) is 9.59 Å². The van der Waals surface area contributed by atoms with Crippen molar-refractivity contribution in [2.24, 2.45) is 5.92 Å². The molecule has 0 radical (unpaired) electrons. The Hall–Kier alpha value is -1.56. The predicted octanol–water partition coefficient (Wildman–Crippen LogP) is 3.44. The van der Waals surface area contributed by atoms with Crippen LogP contribution in [0.1, 0.15) is 30.4 Å². The molecule has 0 heterocycles. The minimum atomic E-state index is -0.840. The van der Waals surface area contributed by atoms with Crippen molar-refractivity contribution in [2.75, 3.05) is 5.32 Å². The van der Waals surface area contributed by atoms with Gasteiger partial charge in [0.25, 0.3) is 0 Å². The molecule has 1 saturated carbocycles. The molecule has 2 unspecified atom stereocenters. The van der Waals surface area contributed by atoms with Gasteiger partial charge in [0.05, 0.1) is 5.92 Å². The number of hydrogen-bond donors (Lipinski definition) is 3. The second-order valence-electron chi connectivity index (χ2n) is 5.50. The summed E-state index contributed by atoms with van der Waals surface area (Å²) < 4.78 is 1.02. The smallest absolute Gasteiger partial charge is 0.319 e. The highest BCUT2D eigenvalue weighted by atomic mass is 79.9. The van der Waals surface area contributed by atoms with E-state index in [4.69, 9.17) is 5.11 Å². The summed E-state index contributed by atoms with van der Waals surface area (Å²) in [5.74, 6) is -1.32. The molecule has 2 rings (SSSR count). The maximum absolute atomic E-state index is 12.0. The average molecular weight is 355 g/mol. The van der Waals surface area contributed by atoms with E-state index >= 15 is 0 Å². The number of anilines is 1. The minimum Gasteiger partial charge on any atom is -0.481 e. The van der Waals surface area contributed by atoms with Crippen LogP contribution in [0.15, 0.2) is 16.6 Å². The second-order valence-corrected chi connectivity index (χ2v) is 6.30. The number of hydrogen-bond acceptors (Lipinski definition) is 2. The van der Waals surface area contributed by atoms with Crippen LogP contribution in [0.3, 0.4) is 0 Å². The maximum atomic E-state index is 12.0. The van der Waals surface area contributed by atoms with Gasteiger partial charge in [-0.05, 0) is 49.9 Å². The number of benzene rings is 1. The fourth-order valence-corrected chi connectivity index (χ4v) is 3.01. The maximum Gasteiger partial charge on any atom is 0.319 e. The van der Waals surface area contributed by atoms with Crippen LogP contribution < -0.4 is 10.6 Å². The van der Waals surface area contributed by atoms with Crippen LogP contribution in [0, 0.1) is 19.8 Å². The molecule has 0 saturated heterocycles.